The number of aryl methyl sites for hydroxylation is 1. The zero-order valence-corrected chi connectivity index (χ0v) is 12.1. The molecule has 104 valence electrons. The van der Waals surface area contributed by atoms with Gasteiger partial charge >= 0.3 is 0 Å². The second kappa shape index (κ2) is 5.64. The standard InChI is InChI=1S/C17H26N2/c1-2-15-7-3-4-8-16(15)13-19-12-11-18-17(14-19)9-5-6-10-17/h3-4,7-8,18H,2,5-6,9-14H2,1H3. The first-order valence-electron chi connectivity index (χ1n) is 7.85. The average Bonchev–Trinajstić information content (AvgIpc) is 2.87. The van der Waals surface area contributed by atoms with Crippen molar-refractivity contribution >= 4 is 0 Å². The first-order chi connectivity index (χ1) is 9.31. The molecule has 0 aromatic heterocycles. The zero-order valence-electron chi connectivity index (χ0n) is 12.1. The molecule has 0 radical (unpaired) electrons. The van der Waals surface area contributed by atoms with Crippen molar-refractivity contribution in [2.45, 2.75) is 51.1 Å². The lowest BCUT2D eigenvalue weighted by Gasteiger charge is -2.41. The maximum atomic E-state index is 3.80. The van der Waals surface area contributed by atoms with Crippen molar-refractivity contribution < 1.29 is 0 Å². The Balaban J connectivity index is 1.69. The van der Waals surface area contributed by atoms with E-state index in [0.29, 0.717) is 5.54 Å². The van der Waals surface area contributed by atoms with Crippen LogP contribution in [-0.4, -0.2) is 30.1 Å². The van der Waals surface area contributed by atoms with E-state index in [-0.39, 0.29) is 0 Å². The molecule has 1 aliphatic carbocycles. The molecule has 2 nitrogen and oxygen atoms in total. The SMILES string of the molecule is CCc1ccccc1CN1CCNC2(CCCC2)C1. The van der Waals surface area contributed by atoms with Gasteiger partial charge in [-0.25, -0.2) is 0 Å². The maximum absolute atomic E-state index is 3.80. The Morgan fingerprint density at radius 3 is 2.63 bits per heavy atom. The third kappa shape index (κ3) is 2.85. The number of rotatable bonds is 3. The highest BCUT2D eigenvalue weighted by Gasteiger charge is 2.37. The van der Waals surface area contributed by atoms with Crippen LogP contribution in [0.25, 0.3) is 0 Å². The highest BCUT2D eigenvalue weighted by molar-refractivity contribution is 5.27. The Labute approximate surface area is 117 Å². The zero-order chi connectivity index (χ0) is 13.1. The predicted octanol–water partition coefficient (Wildman–Crippen LogP) is 2.97. The van der Waals surface area contributed by atoms with Crippen LogP contribution in [-0.2, 0) is 13.0 Å². The Morgan fingerprint density at radius 2 is 1.89 bits per heavy atom. The Kier molecular flexibility index (Phi) is 3.90. The van der Waals surface area contributed by atoms with Crippen LogP contribution in [0.4, 0.5) is 0 Å². The fourth-order valence-corrected chi connectivity index (χ4v) is 3.86. The number of benzene rings is 1. The summed E-state index contributed by atoms with van der Waals surface area (Å²) in [7, 11) is 0. The van der Waals surface area contributed by atoms with Crippen LogP contribution in [0.3, 0.4) is 0 Å². The molecule has 1 N–H and O–H groups in total. The molecule has 2 aliphatic rings. The number of hydrogen-bond acceptors (Lipinski definition) is 2. The smallest absolute Gasteiger partial charge is 0.0309 e. The summed E-state index contributed by atoms with van der Waals surface area (Å²) in [4.78, 5) is 2.66. The number of piperazine rings is 1. The molecule has 1 aromatic carbocycles. The van der Waals surface area contributed by atoms with Crippen LogP contribution in [0.1, 0.15) is 43.7 Å². The minimum Gasteiger partial charge on any atom is -0.309 e. The molecule has 2 fully saturated rings. The van der Waals surface area contributed by atoms with E-state index in [1.165, 1.54) is 49.9 Å². The van der Waals surface area contributed by atoms with Crippen LogP contribution in [0.5, 0.6) is 0 Å². The van der Waals surface area contributed by atoms with Crippen molar-refractivity contribution in [2.75, 3.05) is 19.6 Å². The van der Waals surface area contributed by atoms with Crippen molar-refractivity contribution in [3.8, 4) is 0 Å². The predicted molar refractivity (Wildman–Crippen MR) is 80.3 cm³/mol. The normalized spacial score (nSPS) is 23.0. The summed E-state index contributed by atoms with van der Waals surface area (Å²) >= 11 is 0. The third-order valence-corrected chi connectivity index (χ3v) is 4.91. The van der Waals surface area contributed by atoms with Crippen molar-refractivity contribution in [1.29, 1.82) is 0 Å². The van der Waals surface area contributed by atoms with E-state index < -0.39 is 0 Å². The summed E-state index contributed by atoms with van der Waals surface area (Å²) in [5.41, 5.74) is 3.49. The van der Waals surface area contributed by atoms with Gasteiger partial charge in [0.15, 0.2) is 0 Å². The van der Waals surface area contributed by atoms with Crippen molar-refractivity contribution in [3.05, 3.63) is 35.4 Å². The summed E-state index contributed by atoms with van der Waals surface area (Å²) in [5, 5.41) is 3.80. The molecule has 1 aliphatic heterocycles. The Hall–Kier alpha value is -0.860. The highest BCUT2D eigenvalue weighted by Crippen LogP contribution is 2.32. The molecule has 1 saturated carbocycles. The van der Waals surface area contributed by atoms with Gasteiger partial charge in [-0.05, 0) is 30.4 Å². The minimum absolute atomic E-state index is 0.444. The molecule has 0 bridgehead atoms. The lowest BCUT2D eigenvalue weighted by molar-refractivity contribution is 0.128. The van der Waals surface area contributed by atoms with E-state index in [4.69, 9.17) is 0 Å². The van der Waals surface area contributed by atoms with Gasteiger partial charge in [0.1, 0.15) is 0 Å². The Bertz CT molecular complexity index is 421. The molecule has 1 saturated heterocycles. The monoisotopic (exact) mass is 258 g/mol. The lowest BCUT2D eigenvalue weighted by atomic mass is 9.94. The van der Waals surface area contributed by atoms with Crippen LogP contribution in [0.2, 0.25) is 0 Å². The van der Waals surface area contributed by atoms with Gasteiger partial charge in [-0.15, -0.1) is 0 Å². The molecule has 3 rings (SSSR count). The fourth-order valence-electron chi connectivity index (χ4n) is 3.86. The van der Waals surface area contributed by atoms with Crippen molar-refractivity contribution in [2.24, 2.45) is 0 Å². The molecule has 1 heterocycles. The minimum atomic E-state index is 0.444. The number of nitrogens with zero attached hydrogens (tertiary/aromatic N) is 1. The van der Waals surface area contributed by atoms with Crippen LogP contribution in [0, 0.1) is 0 Å². The molecule has 1 spiro atoms. The highest BCUT2D eigenvalue weighted by atomic mass is 15.2. The first kappa shape index (κ1) is 13.1. The molecule has 2 heteroatoms. The van der Waals surface area contributed by atoms with Gasteiger partial charge in [0.2, 0.25) is 0 Å². The number of nitrogens with one attached hydrogen (secondary N) is 1. The molecular formula is C17H26N2. The average molecular weight is 258 g/mol. The molecule has 0 atom stereocenters. The van der Waals surface area contributed by atoms with E-state index in [2.05, 4.69) is 41.4 Å². The van der Waals surface area contributed by atoms with Gasteiger partial charge in [-0.2, -0.15) is 0 Å². The molecular weight excluding hydrogens is 232 g/mol. The summed E-state index contributed by atoms with van der Waals surface area (Å²) < 4.78 is 0. The van der Waals surface area contributed by atoms with Crippen molar-refractivity contribution in [1.82, 2.24) is 10.2 Å². The number of hydrogen-bond donors (Lipinski definition) is 1. The van der Waals surface area contributed by atoms with Gasteiger partial charge in [0, 0.05) is 31.7 Å². The van der Waals surface area contributed by atoms with Crippen LogP contribution in [0.15, 0.2) is 24.3 Å². The summed E-state index contributed by atoms with van der Waals surface area (Å²) in [6, 6.07) is 8.94. The Morgan fingerprint density at radius 1 is 1.16 bits per heavy atom. The van der Waals surface area contributed by atoms with E-state index in [1.807, 2.05) is 0 Å². The molecule has 1 aromatic rings. The lowest BCUT2D eigenvalue weighted by Crippen LogP contribution is -2.58. The van der Waals surface area contributed by atoms with Gasteiger partial charge < -0.3 is 5.32 Å². The van der Waals surface area contributed by atoms with E-state index in [1.54, 1.807) is 0 Å². The van der Waals surface area contributed by atoms with Crippen LogP contribution >= 0.6 is 0 Å². The van der Waals surface area contributed by atoms with E-state index in [9.17, 15) is 0 Å². The maximum Gasteiger partial charge on any atom is 0.0309 e. The first-order valence-corrected chi connectivity index (χ1v) is 7.85. The summed E-state index contributed by atoms with van der Waals surface area (Å²) in [5.74, 6) is 0. The van der Waals surface area contributed by atoms with E-state index in [0.717, 1.165) is 19.5 Å². The second-order valence-corrected chi connectivity index (χ2v) is 6.25. The largest absolute Gasteiger partial charge is 0.309 e. The third-order valence-electron chi connectivity index (χ3n) is 4.91. The van der Waals surface area contributed by atoms with Gasteiger partial charge in [-0.3, -0.25) is 4.90 Å². The fraction of sp³-hybridized carbons (Fsp3) is 0.647. The van der Waals surface area contributed by atoms with Crippen LogP contribution < -0.4 is 5.32 Å². The quantitative estimate of drug-likeness (QED) is 0.896. The van der Waals surface area contributed by atoms with Gasteiger partial charge in [0.25, 0.3) is 0 Å². The summed E-state index contributed by atoms with van der Waals surface area (Å²) in [6.45, 7) is 6.99. The van der Waals surface area contributed by atoms with Gasteiger partial charge in [0.05, 0.1) is 0 Å². The summed E-state index contributed by atoms with van der Waals surface area (Å²) in [6.07, 6.45) is 6.71. The van der Waals surface area contributed by atoms with Crippen molar-refractivity contribution in [3.63, 3.8) is 0 Å². The molecule has 0 unspecified atom stereocenters. The molecule has 19 heavy (non-hydrogen) atoms. The second-order valence-electron chi connectivity index (χ2n) is 6.25. The van der Waals surface area contributed by atoms with E-state index >= 15 is 0 Å². The molecule has 0 amide bonds. The van der Waals surface area contributed by atoms with Gasteiger partial charge in [-0.1, -0.05) is 44.0 Å². The topological polar surface area (TPSA) is 15.3 Å².